The second-order valence-corrected chi connectivity index (χ2v) is 6.16. The van der Waals surface area contributed by atoms with Crippen molar-refractivity contribution in [3.8, 4) is 11.1 Å². The van der Waals surface area contributed by atoms with Crippen molar-refractivity contribution < 1.29 is 13.9 Å². The van der Waals surface area contributed by atoms with Crippen LogP contribution in [-0.4, -0.2) is 28.0 Å². The number of nitrogens with one attached hydrogen (secondary N) is 1. The van der Waals surface area contributed by atoms with Gasteiger partial charge in [-0.25, -0.2) is 14.4 Å². The Morgan fingerprint density at radius 2 is 2.08 bits per heavy atom. The molecule has 0 aromatic carbocycles. The van der Waals surface area contributed by atoms with Crippen LogP contribution in [0.3, 0.4) is 0 Å². The van der Waals surface area contributed by atoms with Crippen LogP contribution in [0.4, 0.5) is 9.52 Å². The van der Waals surface area contributed by atoms with E-state index < -0.39 is 5.82 Å². The highest BCUT2D eigenvalue weighted by molar-refractivity contribution is 7.13. The van der Waals surface area contributed by atoms with Gasteiger partial charge in [0.15, 0.2) is 5.13 Å². The number of pyridine rings is 2. The van der Waals surface area contributed by atoms with Gasteiger partial charge < -0.3 is 4.74 Å². The van der Waals surface area contributed by atoms with Crippen molar-refractivity contribution in [3.05, 3.63) is 58.9 Å². The maximum Gasteiger partial charge on any atom is 0.276 e. The van der Waals surface area contributed by atoms with E-state index in [2.05, 4.69) is 20.3 Å². The minimum Gasteiger partial charge on any atom is -0.378 e. The molecular weight excluding hydrogens is 343 g/mol. The van der Waals surface area contributed by atoms with Gasteiger partial charge in [0, 0.05) is 29.9 Å². The molecule has 6 nitrogen and oxygen atoms in total. The number of hydrogen-bond acceptors (Lipinski definition) is 6. The molecule has 128 valence electrons. The highest BCUT2D eigenvalue weighted by Crippen LogP contribution is 2.22. The minimum atomic E-state index is -0.438. The normalized spacial score (nSPS) is 10.7. The third-order valence-corrected chi connectivity index (χ3v) is 4.10. The maximum atomic E-state index is 13.4. The Balaban J connectivity index is 1.85. The summed E-state index contributed by atoms with van der Waals surface area (Å²) in [7, 11) is 1.58. The lowest BCUT2D eigenvalue weighted by atomic mass is 10.1. The van der Waals surface area contributed by atoms with E-state index in [0.29, 0.717) is 28.6 Å². The summed E-state index contributed by atoms with van der Waals surface area (Å²) in [4.78, 5) is 24.8. The molecular formula is C17H15FN4O2S. The van der Waals surface area contributed by atoms with Gasteiger partial charge in [-0.05, 0) is 30.7 Å². The Bertz CT molecular complexity index is 913. The fraction of sp³-hybridized carbons (Fsp3) is 0.176. The Morgan fingerprint density at radius 3 is 2.84 bits per heavy atom. The largest absolute Gasteiger partial charge is 0.378 e. The van der Waals surface area contributed by atoms with Gasteiger partial charge in [0.1, 0.15) is 11.5 Å². The van der Waals surface area contributed by atoms with Crippen molar-refractivity contribution in [1.82, 2.24) is 15.0 Å². The number of hydrogen-bond donors (Lipinski definition) is 1. The molecule has 3 rings (SSSR count). The summed E-state index contributed by atoms with van der Waals surface area (Å²) in [6.07, 6.45) is 2.67. The summed E-state index contributed by atoms with van der Waals surface area (Å²) in [6.45, 7) is 2.15. The van der Waals surface area contributed by atoms with E-state index >= 15 is 0 Å². The number of aryl methyl sites for hydroxylation is 1. The Labute approximate surface area is 147 Å². The van der Waals surface area contributed by atoms with Gasteiger partial charge in [0.05, 0.1) is 18.5 Å². The third-order valence-electron chi connectivity index (χ3n) is 3.29. The van der Waals surface area contributed by atoms with E-state index in [0.717, 1.165) is 11.9 Å². The summed E-state index contributed by atoms with van der Waals surface area (Å²) in [5.41, 5.74) is 2.86. The topological polar surface area (TPSA) is 77.0 Å². The van der Waals surface area contributed by atoms with Gasteiger partial charge >= 0.3 is 0 Å². The number of thiazole rings is 1. The zero-order chi connectivity index (χ0) is 17.8. The average Bonchev–Trinajstić information content (AvgIpc) is 3.01. The molecule has 8 heteroatoms. The highest BCUT2D eigenvalue weighted by Gasteiger charge is 2.13. The van der Waals surface area contributed by atoms with Gasteiger partial charge in [0.2, 0.25) is 0 Å². The maximum absolute atomic E-state index is 13.4. The molecule has 0 spiro atoms. The monoisotopic (exact) mass is 358 g/mol. The van der Waals surface area contributed by atoms with Crippen LogP contribution >= 0.6 is 11.3 Å². The zero-order valence-corrected chi connectivity index (χ0v) is 14.4. The summed E-state index contributed by atoms with van der Waals surface area (Å²) in [5.74, 6) is -0.820. The first-order valence-electron chi connectivity index (χ1n) is 7.39. The molecule has 0 bridgehead atoms. The van der Waals surface area contributed by atoms with Gasteiger partial charge in [-0.1, -0.05) is 0 Å². The Kier molecular flexibility index (Phi) is 5.11. The second kappa shape index (κ2) is 7.45. The number of carbonyl (C=O) groups is 1. The van der Waals surface area contributed by atoms with Crippen LogP contribution in [0.15, 0.2) is 36.0 Å². The molecule has 0 aliphatic rings. The fourth-order valence-corrected chi connectivity index (χ4v) is 2.95. The van der Waals surface area contributed by atoms with Gasteiger partial charge in [-0.3, -0.25) is 15.1 Å². The molecule has 0 atom stereocenters. The van der Waals surface area contributed by atoms with Crippen LogP contribution in [-0.2, 0) is 11.3 Å². The first-order valence-corrected chi connectivity index (χ1v) is 8.27. The van der Waals surface area contributed by atoms with Crippen LogP contribution < -0.4 is 5.32 Å². The number of ether oxygens (including phenoxy) is 1. The highest BCUT2D eigenvalue weighted by atomic mass is 32.1. The molecule has 3 heterocycles. The summed E-state index contributed by atoms with van der Waals surface area (Å²) in [6, 6.07) is 4.73. The predicted octanol–water partition coefficient (Wildman–Crippen LogP) is 3.45. The SMILES string of the molecule is COCc1csc(NC(=O)c2cc(-c3cncc(F)c3)cc(C)n2)n1. The first-order chi connectivity index (χ1) is 12.0. The van der Waals surface area contributed by atoms with E-state index in [4.69, 9.17) is 4.74 Å². The van der Waals surface area contributed by atoms with E-state index in [-0.39, 0.29) is 11.6 Å². The molecule has 3 aromatic heterocycles. The summed E-state index contributed by atoms with van der Waals surface area (Å²) >= 11 is 1.31. The van der Waals surface area contributed by atoms with E-state index in [1.165, 1.54) is 23.6 Å². The summed E-state index contributed by atoms with van der Waals surface area (Å²) in [5, 5.41) is 4.99. The van der Waals surface area contributed by atoms with Crippen LogP contribution in [0.1, 0.15) is 21.9 Å². The molecule has 1 N–H and O–H groups in total. The number of carbonyl (C=O) groups excluding carboxylic acids is 1. The van der Waals surface area contributed by atoms with Crippen molar-refractivity contribution in [2.75, 3.05) is 12.4 Å². The lowest BCUT2D eigenvalue weighted by Gasteiger charge is -2.07. The molecule has 0 saturated heterocycles. The number of methoxy groups -OCH3 is 1. The molecule has 0 fully saturated rings. The van der Waals surface area contributed by atoms with E-state index in [9.17, 15) is 9.18 Å². The number of anilines is 1. The number of nitrogens with zero attached hydrogens (tertiary/aromatic N) is 3. The second-order valence-electron chi connectivity index (χ2n) is 5.31. The lowest BCUT2D eigenvalue weighted by molar-refractivity contribution is 0.102. The van der Waals surface area contributed by atoms with Gasteiger partial charge in [-0.15, -0.1) is 11.3 Å². The van der Waals surface area contributed by atoms with Crippen molar-refractivity contribution in [3.63, 3.8) is 0 Å². The van der Waals surface area contributed by atoms with E-state index in [1.54, 1.807) is 26.2 Å². The Morgan fingerprint density at radius 1 is 1.24 bits per heavy atom. The van der Waals surface area contributed by atoms with Crippen LogP contribution in [0, 0.1) is 12.7 Å². The van der Waals surface area contributed by atoms with Crippen molar-refractivity contribution in [2.24, 2.45) is 0 Å². The molecule has 0 aliphatic carbocycles. The molecule has 0 radical (unpaired) electrons. The van der Waals surface area contributed by atoms with Crippen molar-refractivity contribution in [1.29, 1.82) is 0 Å². The molecule has 0 aliphatic heterocycles. The van der Waals surface area contributed by atoms with E-state index in [1.807, 2.05) is 5.38 Å². The third kappa shape index (κ3) is 4.23. The molecule has 0 unspecified atom stereocenters. The molecule has 3 aromatic rings. The predicted molar refractivity (Wildman–Crippen MR) is 92.9 cm³/mol. The average molecular weight is 358 g/mol. The first kappa shape index (κ1) is 17.1. The smallest absolute Gasteiger partial charge is 0.276 e. The van der Waals surface area contributed by atoms with Gasteiger partial charge in [-0.2, -0.15) is 0 Å². The number of rotatable bonds is 5. The quantitative estimate of drug-likeness (QED) is 0.756. The van der Waals surface area contributed by atoms with Gasteiger partial charge in [0.25, 0.3) is 5.91 Å². The molecule has 1 amide bonds. The number of amides is 1. The van der Waals surface area contributed by atoms with Crippen LogP contribution in [0.5, 0.6) is 0 Å². The number of aromatic nitrogens is 3. The molecule has 25 heavy (non-hydrogen) atoms. The van der Waals surface area contributed by atoms with Crippen molar-refractivity contribution >= 4 is 22.4 Å². The standard InChI is InChI=1S/C17H15FN4O2S/c1-10-3-11(12-4-13(18)7-19-6-12)5-15(20-10)16(23)22-17-21-14(8-24-2)9-25-17/h3-7,9H,8H2,1-2H3,(H,21,22,23). The molecule has 0 saturated carbocycles. The van der Waals surface area contributed by atoms with Crippen LogP contribution in [0.25, 0.3) is 11.1 Å². The Hall–Kier alpha value is -2.71. The summed E-state index contributed by atoms with van der Waals surface area (Å²) < 4.78 is 18.4. The van der Waals surface area contributed by atoms with Crippen molar-refractivity contribution in [2.45, 2.75) is 13.5 Å². The van der Waals surface area contributed by atoms with Crippen LogP contribution in [0.2, 0.25) is 0 Å². The number of halogens is 1. The fourth-order valence-electron chi connectivity index (χ4n) is 2.26. The lowest BCUT2D eigenvalue weighted by Crippen LogP contribution is -2.14. The zero-order valence-electron chi connectivity index (χ0n) is 13.6. The minimum absolute atomic E-state index is 0.225.